The monoisotopic (exact) mass is 432 g/mol. The first-order valence-corrected chi connectivity index (χ1v) is 10.0. The number of furan rings is 1. The van der Waals surface area contributed by atoms with E-state index in [1.54, 1.807) is 18.3 Å². The number of halogens is 1. The van der Waals surface area contributed by atoms with Crippen LogP contribution in [0.4, 0.5) is 4.39 Å². The number of nitrogens with zero attached hydrogens (tertiary/aromatic N) is 1. The van der Waals surface area contributed by atoms with Crippen molar-refractivity contribution in [2.45, 2.75) is 19.8 Å². The number of amides is 1. The van der Waals surface area contributed by atoms with Crippen LogP contribution in [0.3, 0.4) is 0 Å². The lowest BCUT2D eigenvalue weighted by molar-refractivity contribution is 0.0919. The molecule has 6 nitrogen and oxygen atoms in total. The molecule has 0 aliphatic carbocycles. The summed E-state index contributed by atoms with van der Waals surface area (Å²) in [5, 5.41) is 2.83. The zero-order chi connectivity index (χ0) is 22.2. The van der Waals surface area contributed by atoms with E-state index in [4.69, 9.17) is 13.9 Å². The number of hydrogen-bond acceptors (Lipinski definition) is 5. The maximum absolute atomic E-state index is 12.9. The summed E-state index contributed by atoms with van der Waals surface area (Å²) in [6, 6.07) is 22.1. The highest BCUT2D eigenvalue weighted by Gasteiger charge is 2.12. The number of carbonyl (C=O) groups is 1. The van der Waals surface area contributed by atoms with E-state index in [0.29, 0.717) is 30.4 Å². The summed E-state index contributed by atoms with van der Waals surface area (Å²) in [7, 11) is 0. The van der Waals surface area contributed by atoms with Crippen molar-refractivity contribution in [2.24, 2.45) is 0 Å². The lowest BCUT2D eigenvalue weighted by Crippen LogP contribution is -2.22. The molecule has 0 bridgehead atoms. The number of benzene rings is 2. The Kier molecular flexibility index (Phi) is 6.77. The molecular formula is C25H21FN2O4. The SMILES string of the molecule is O=C(NCc1cccc(OCc2ccccn2)c1)c1ccc(COc2ccc(F)cc2)o1. The Hall–Kier alpha value is -4.13. The molecule has 1 N–H and O–H groups in total. The smallest absolute Gasteiger partial charge is 0.287 e. The van der Waals surface area contributed by atoms with Gasteiger partial charge in [0.05, 0.1) is 5.69 Å². The zero-order valence-electron chi connectivity index (χ0n) is 17.2. The van der Waals surface area contributed by atoms with E-state index >= 15 is 0 Å². The first-order chi connectivity index (χ1) is 15.7. The lowest BCUT2D eigenvalue weighted by Gasteiger charge is -2.08. The van der Waals surface area contributed by atoms with Crippen LogP contribution in [-0.4, -0.2) is 10.9 Å². The highest BCUT2D eigenvalue weighted by atomic mass is 19.1. The molecule has 0 radical (unpaired) electrons. The van der Waals surface area contributed by atoms with Gasteiger partial charge in [-0.15, -0.1) is 0 Å². The minimum atomic E-state index is -0.335. The van der Waals surface area contributed by atoms with Gasteiger partial charge in [0.25, 0.3) is 5.91 Å². The van der Waals surface area contributed by atoms with Crippen LogP contribution in [0, 0.1) is 5.82 Å². The van der Waals surface area contributed by atoms with Crippen molar-refractivity contribution in [1.29, 1.82) is 0 Å². The maximum Gasteiger partial charge on any atom is 0.287 e. The normalized spacial score (nSPS) is 10.5. The van der Waals surface area contributed by atoms with Gasteiger partial charge in [-0.25, -0.2) is 4.39 Å². The van der Waals surface area contributed by atoms with Gasteiger partial charge in [-0.05, 0) is 66.2 Å². The standard InChI is InChI=1S/C25H21FN2O4/c26-19-7-9-21(10-8-19)31-17-23-11-12-24(32-23)25(29)28-15-18-4-3-6-22(14-18)30-16-20-5-1-2-13-27-20/h1-14H,15-17H2,(H,28,29). The minimum absolute atomic E-state index is 0.133. The van der Waals surface area contributed by atoms with Crippen molar-refractivity contribution < 1.29 is 23.1 Å². The third-order valence-electron chi connectivity index (χ3n) is 4.54. The first kappa shape index (κ1) is 21.1. The Balaban J connectivity index is 1.27. The van der Waals surface area contributed by atoms with Gasteiger partial charge in [-0.1, -0.05) is 18.2 Å². The highest BCUT2D eigenvalue weighted by molar-refractivity contribution is 5.91. The summed E-state index contributed by atoms with van der Waals surface area (Å²) in [6.07, 6.45) is 1.72. The Labute approximate surface area is 184 Å². The molecule has 4 rings (SSSR count). The zero-order valence-corrected chi connectivity index (χ0v) is 17.2. The second kappa shape index (κ2) is 10.3. The molecule has 0 fully saturated rings. The van der Waals surface area contributed by atoms with E-state index in [1.165, 1.54) is 24.3 Å². The predicted octanol–water partition coefficient (Wildman–Crippen LogP) is 4.90. The number of hydrogen-bond donors (Lipinski definition) is 1. The summed E-state index contributed by atoms with van der Waals surface area (Å²) in [6.45, 7) is 0.822. The van der Waals surface area contributed by atoms with Gasteiger partial charge < -0.3 is 19.2 Å². The molecule has 7 heteroatoms. The van der Waals surface area contributed by atoms with Crippen LogP contribution in [-0.2, 0) is 19.8 Å². The molecule has 162 valence electrons. The summed E-state index contributed by atoms with van der Waals surface area (Å²) < 4.78 is 29.8. The van der Waals surface area contributed by atoms with Gasteiger partial charge in [0.15, 0.2) is 5.76 Å². The van der Waals surface area contributed by atoms with Crippen molar-refractivity contribution in [3.05, 3.63) is 114 Å². The molecule has 2 aromatic heterocycles. The van der Waals surface area contributed by atoms with Gasteiger partial charge in [0.1, 0.15) is 36.3 Å². The molecule has 2 heterocycles. The average Bonchev–Trinajstić information content (AvgIpc) is 3.31. The third kappa shape index (κ3) is 5.95. The van der Waals surface area contributed by atoms with Crippen LogP contribution >= 0.6 is 0 Å². The molecular weight excluding hydrogens is 411 g/mol. The van der Waals surface area contributed by atoms with E-state index < -0.39 is 0 Å². The molecule has 0 saturated heterocycles. The Morgan fingerprint density at radius 3 is 2.56 bits per heavy atom. The fourth-order valence-corrected chi connectivity index (χ4v) is 2.92. The number of carbonyl (C=O) groups excluding carboxylic acids is 1. The van der Waals surface area contributed by atoms with Gasteiger partial charge in [-0.2, -0.15) is 0 Å². The Morgan fingerprint density at radius 2 is 1.75 bits per heavy atom. The van der Waals surface area contributed by atoms with Crippen LogP contribution in [0.5, 0.6) is 11.5 Å². The molecule has 0 aliphatic heterocycles. The lowest BCUT2D eigenvalue weighted by atomic mass is 10.2. The van der Waals surface area contributed by atoms with E-state index in [0.717, 1.165) is 11.3 Å². The van der Waals surface area contributed by atoms with Gasteiger partial charge in [0, 0.05) is 12.7 Å². The number of aromatic nitrogens is 1. The molecule has 0 spiro atoms. The van der Waals surface area contributed by atoms with E-state index in [-0.39, 0.29) is 24.1 Å². The molecule has 32 heavy (non-hydrogen) atoms. The van der Waals surface area contributed by atoms with Crippen LogP contribution in [0.15, 0.2) is 89.5 Å². The molecule has 0 aliphatic rings. The Bertz CT molecular complexity index is 1160. The topological polar surface area (TPSA) is 73.6 Å². The minimum Gasteiger partial charge on any atom is -0.487 e. The molecule has 2 aromatic carbocycles. The third-order valence-corrected chi connectivity index (χ3v) is 4.54. The van der Waals surface area contributed by atoms with Crippen molar-refractivity contribution >= 4 is 5.91 Å². The van der Waals surface area contributed by atoms with Crippen LogP contribution in [0.25, 0.3) is 0 Å². The first-order valence-electron chi connectivity index (χ1n) is 10.0. The number of ether oxygens (including phenoxy) is 2. The fraction of sp³-hybridized carbons (Fsp3) is 0.120. The van der Waals surface area contributed by atoms with Crippen LogP contribution in [0.1, 0.15) is 27.6 Å². The van der Waals surface area contributed by atoms with Crippen molar-refractivity contribution in [3.63, 3.8) is 0 Å². The predicted molar refractivity (Wildman–Crippen MR) is 116 cm³/mol. The summed E-state index contributed by atoms with van der Waals surface area (Å²) >= 11 is 0. The molecule has 4 aromatic rings. The number of nitrogens with one attached hydrogen (secondary N) is 1. The summed E-state index contributed by atoms with van der Waals surface area (Å²) in [5.74, 6) is 1.21. The quantitative estimate of drug-likeness (QED) is 0.407. The molecule has 0 unspecified atom stereocenters. The second-order valence-electron chi connectivity index (χ2n) is 6.95. The van der Waals surface area contributed by atoms with Crippen molar-refractivity contribution in [1.82, 2.24) is 10.3 Å². The summed E-state index contributed by atoms with van der Waals surface area (Å²) in [5.41, 5.74) is 1.73. The molecule has 0 atom stereocenters. The van der Waals surface area contributed by atoms with E-state index in [2.05, 4.69) is 10.3 Å². The number of rotatable bonds is 9. The van der Waals surface area contributed by atoms with Gasteiger partial charge in [0.2, 0.25) is 0 Å². The Morgan fingerprint density at radius 1 is 0.906 bits per heavy atom. The van der Waals surface area contributed by atoms with Gasteiger partial charge in [-0.3, -0.25) is 9.78 Å². The van der Waals surface area contributed by atoms with E-state index in [9.17, 15) is 9.18 Å². The van der Waals surface area contributed by atoms with Gasteiger partial charge >= 0.3 is 0 Å². The van der Waals surface area contributed by atoms with E-state index in [1.807, 2.05) is 42.5 Å². The highest BCUT2D eigenvalue weighted by Crippen LogP contribution is 2.17. The fourth-order valence-electron chi connectivity index (χ4n) is 2.92. The maximum atomic E-state index is 12.9. The molecule has 0 saturated carbocycles. The molecule has 1 amide bonds. The average molecular weight is 432 g/mol. The largest absolute Gasteiger partial charge is 0.487 e. The van der Waals surface area contributed by atoms with Crippen LogP contribution < -0.4 is 14.8 Å². The van der Waals surface area contributed by atoms with Crippen molar-refractivity contribution in [3.8, 4) is 11.5 Å². The van der Waals surface area contributed by atoms with Crippen molar-refractivity contribution in [2.75, 3.05) is 0 Å². The van der Waals surface area contributed by atoms with Crippen LogP contribution in [0.2, 0.25) is 0 Å². The second-order valence-corrected chi connectivity index (χ2v) is 6.95. The number of pyridine rings is 1. The summed E-state index contributed by atoms with van der Waals surface area (Å²) in [4.78, 5) is 16.6.